The van der Waals surface area contributed by atoms with Crippen LogP contribution in [0.1, 0.15) is 16.8 Å². The molecule has 2 rings (SSSR count). The van der Waals surface area contributed by atoms with Crippen molar-refractivity contribution in [2.45, 2.75) is 12.5 Å². The van der Waals surface area contributed by atoms with Crippen LogP contribution in [0.2, 0.25) is 0 Å². The highest BCUT2D eigenvalue weighted by Crippen LogP contribution is 2.20. The van der Waals surface area contributed by atoms with Gasteiger partial charge in [-0.05, 0) is 40.5 Å². The number of benzene rings is 1. The minimum Gasteiger partial charge on any atom is -0.398 e. The van der Waals surface area contributed by atoms with Crippen LogP contribution in [0.25, 0.3) is 0 Å². The molecule has 3 N–H and O–H groups in total. The summed E-state index contributed by atoms with van der Waals surface area (Å²) in [5.41, 5.74) is 6.88. The zero-order chi connectivity index (χ0) is 11.5. The zero-order valence-electron chi connectivity index (χ0n) is 8.70. The van der Waals surface area contributed by atoms with Crippen molar-refractivity contribution in [2.24, 2.45) is 0 Å². The van der Waals surface area contributed by atoms with Crippen LogP contribution in [0.15, 0.2) is 22.7 Å². The van der Waals surface area contributed by atoms with E-state index in [1.54, 1.807) is 18.2 Å². The number of ether oxygens (including phenoxy) is 1. The average Bonchev–Trinajstić information content (AvgIpc) is 2.74. The molecule has 1 aliphatic rings. The van der Waals surface area contributed by atoms with E-state index in [0.29, 0.717) is 17.9 Å². The van der Waals surface area contributed by atoms with Gasteiger partial charge in [-0.25, -0.2) is 0 Å². The molecule has 4 nitrogen and oxygen atoms in total. The first-order valence-corrected chi connectivity index (χ1v) is 5.90. The molecule has 0 radical (unpaired) electrons. The molecule has 1 saturated heterocycles. The van der Waals surface area contributed by atoms with Crippen LogP contribution < -0.4 is 11.1 Å². The molecule has 0 saturated carbocycles. The van der Waals surface area contributed by atoms with E-state index in [1.807, 2.05) is 0 Å². The summed E-state index contributed by atoms with van der Waals surface area (Å²) >= 11 is 3.30. The molecule has 1 aliphatic heterocycles. The molecule has 0 aromatic heterocycles. The van der Waals surface area contributed by atoms with Crippen molar-refractivity contribution in [3.8, 4) is 0 Å². The van der Waals surface area contributed by atoms with Gasteiger partial charge in [-0.3, -0.25) is 4.79 Å². The summed E-state index contributed by atoms with van der Waals surface area (Å²) in [6, 6.07) is 5.28. The maximum atomic E-state index is 11.8. The largest absolute Gasteiger partial charge is 0.398 e. The van der Waals surface area contributed by atoms with E-state index in [0.717, 1.165) is 17.5 Å². The van der Waals surface area contributed by atoms with Gasteiger partial charge in [-0.2, -0.15) is 0 Å². The average molecular weight is 285 g/mol. The summed E-state index contributed by atoms with van der Waals surface area (Å²) < 4.78 is 5.93. The zero-order valence-corrected chi connectivity index (χ0v) is 10.3. The Labute approximate surface area is 102 Å². The second-order valence-corrected chi connectivity index (χ2v) is 4.62. The van der Waals surface area contributed by atoms with Crippen molar-refractivity contribution >= 4 is 27.5 Å². The van der Waals surface area contributed by atoms with Gasteiger partial charge < -0.3 is 15.8 Å². The third kappa shape index (κ3) is 2.54. The van der Waals surface area contributed by atoms with Crippen LogP contribution in [0, 0.1) is 0 Å². The summed E-state index contributed by atoms with van der Waals surface area (Å²) in [7, 11) is 0. The fourth-order valence-electron chi connectivity index (χ4n) is 1.59. The van der Waals surface area contributed by atoms with Crippen molar-refractivity contribution in [1.29, 1.82) is 0 Å². The van der Waals surface area contributed by atoms with E-state index in [2.05, 4.69) is 21.2 Å². The molecule has 1 aromatic rings. The Morgan fingerprint density at radius 3 is 3.00 bits per heavy atom. The number of anilines is 1. The number of nitrogens with two attached hydrogens (primary N) is 1. The molecule has 1 atom stereocenters. The lowest BCUT2D eigenvalue weighted by molar-refractivity contribution is 0.0930. The molecule has 5 heteroatoms. The lowest BCUT2D eigenvalue weighted by atomic mass is 10.1. The first-order valence-electron chi connectivity index (χ1n) is 5.10. The summed E-state index contributed by atoms with van der Waals surface area (Å²) in [6.45, 7) is 1.32. The number of halogens is 1. The Morgan fingerprint density at radius 2 is 2.38 bits per heavy atom. The molecule has 1 unspecified atom stereocenters. The summed E-state index contributed by atoms with van der Waals surface area (Å²) in [6.07, 6.45) is 0.877. The van der Waals surface area contributed by atoms with Crippen LogP contribution in [-0.2, 0) is 4.74 Å². The van der Waals surface area contributed by atoms with Crippen molar-refractivity contribution in [3.05, 3.63) is 28.2 Å². The molecule has 0 bridgehead atoms. The Hall–Kier alpha value is -1.07. The maximum Gasteiger partial charge on any atom is 0.251 e. The molecule has 86 valence electrons. The van der Waals surface area contributed by atoms with Gasteiger partial charge in [-0.15, -0.1) is 0 Å². The van der Waals surface area contributed by atoms with Crippen LogP contribution in [-0.4, -0.2) is 25.2 Å². The number of amides is 1. The smallest absolute Gasteiger partial charge is 0.251 e. The first-order chi connectivity index (χ1) is 7.66. The van der Waals surface area contributed by atoms with Crippen molar-refractivity contribution in [3.63, 3.8) is 0 Å². The number of carbonyl (C=O) groups is 1. The van der Waals surface area contributed by atoms with E-state index < -0.39 is 0 Å². The van der Waals surface area contributed by atoms with Gasteiger partial charge in [0.1, 0.15) is 0 Å². The Morgan fingerprint density at radius 1 is 1.56 bits per heavy atom. The first kappa shape index (κ1) is 11.4. The molecule has 0 spiro atoms. The molecular weight excluding hydrogens is 272 g/mol. The summed E-state index contributed by atoms with van der Waals surface area (Å²) in [5, 5.41) is 2.92. The molecule has 1 amide bonds. The number of nitrogen functional groups attached to an aromatic ring is 1. The summed E-state index contributed by atoms with van der Waals surface area (Å²) in [4.78, 5) is 11.8. The summed E-state index contributed by atoms with van der Waals surface area (Å²) in [5.74, 6) is -0.0869. The highest BCUT2D eigenvalue weighted by Gasteiger charge is 2.18. The van der Waals surface area contributed by atoms with Gasteiger partial charge in [0, 0.05) is 22.3 Å². The molecule has 16 heavy (non-hydrogen) atoms. The monoisotopic (exact) mass is 284 g/mol. The topological polar surface area (TPSA) is 64.4 Å². The third-order valence-electron chi connectivity index (χ3n) is 2.53. The highest BCUT2D eigenvalue weighted by atomic mass is 79.9. The van der Waals surface area contributed by atoms with Crippen LogP contribution in [0.3, 0.4) is 0 Å². The number of nitrogens with one attached hydrogen (secondary N) is 1. The second-order valence-electron chi connectivity index (χ2n) is 3.77. The fraction of sp³-hybridized carbons (Fsp3) is 0.364. The van der Waals surface area contributed by atoms with Crippen molar-refractivity contribution in [2.75, 3.05) is 18.9 Å². The number of carbonyl (C=O) groups excluding carboxylic acids is 1. The number of hydrogen-bond donors (Lipinski definition) is 2. The van der Waals surface area contributed by atoms with E-state index in [-0.39, 0.29) is 11.9 Å². The van der Waals surface area contributed by atoms with Gasteiger partial charge in [0.25, 0.3) is 5.91 Å². The standard InChI is InChI=1S/C11H13BrN2O2/c12-9-5-7(1-2-10(9)13)11(15)14-8-3-4-16-6-8/h1-2,5,8H,3-4,6,13H2,(H,14,15). The van der Waals surface area contributed by atoms with Gasteiger partial charge in [0.15, 0.2) is 0 Å². The van der Waals surface area contributed by atoms with Crippen molar-refractivity contribution in [1.82, 2.24) is 5.32 Å². The molecule has 1 aromatic carbocycles. The highest BCUT2D eigenvalue weighted by molar-refractivity contribution is 9.10. The second kappa shape index (κ2) is 4.84. The fourth-order valence-corrected chi connectivity index (χ4v) is 1.96. The molecular formula is C11H13BrN2O2. The van der Waals surface area contributed by atoms with Gasteiger partial charge in [0.2, 0.25) is 0 Å². The SMILES string of the molecule is Nc1ccc(C(=O)NC2CCOC2)cc1Br. The van der Waals surface area contributed by atoms with E-state index >= 15 is 0 Å². The number of rotatable bonds is 2. The van der Waals surface area contributed by atoms with E-state index in [9.17, 15) is 4.79 Å². The minimum atomic E-state index is -0.0869. The van der Waals surface area contributed by atoms with E-state index in [1.165, 1.54) is 0 Å². The molecule has 0 aliphatic carbocycles. The minimum absolute atomic E-state index is 0.0869. The lowest BCUT2D eigenvalue weighted by Gasteiger charge is -2.11. The number of hydrogen-bond acceptors (Lipinski definition) is 3. The maximum absolute atomic E-state index is 11.8. The predicted molar refractivity (Wildman–Crippen MR) is 65.2 cm³/mol. The molecule has 1 heterocycles. The third-order valence-corrected chi connectivity index (χ3v) is 3.21. The van der Waals surface area contributed by atoms with Crippen molar-refractivity contribution < 1.29 is 9.53 Å². The van der Waals surface area contributed by atoms with Crippen LogP contribution in [0.4, 0.5) is 5.69 Å². The van der Waals surface area contributed by atoms with E-state index in [4.69, 9.17) is 10.5 Å². The Balaban J connectivity index is 2.05. The predicted octanol–water partition coefficient (Wildman–Crippen LogP) is 1.55. The van der Waals surface area contributed by atoms with Gasteiger partial charge in [0.05, 0.1) is 12.6 Å². The lowest BCUT2D eigenvalue weighted by Crippen LogP contribution is -2.34. The van der Waals surface area contributed by atoms with Crippen LogP contribution >= 0.6 is 15.9 Å². The van der Waals surface area contributed by atoms with Gasteiger partial charge >= 0.3 is 0 Å². The Kier molecular flexibility index (Phi) is 3.46. The quantitative estimate of drug-likeness (QED) is 0.810. The normalized spacial score (nSPS) is 19.7. The Bertz CT molecular complexity index is 403. The van der Waals surface area contributed by atoms with Crippen LogP contribution in [0.5, 0.6) is 0 Å². The molecule has 1 fully saturated rings. The van der Waals surface area contributed by atoms with Gasteiger partial charge in [-0.1, -0.05) is 0 Å².